The fraction of sp³-hybridized carbons (Fsp3) is 0.400. The average Bonchev–Trinajstić information content (AvgIpc) is 2.28. The molecule has 0 saturated carbocycles. The van der Waals surface area contributed by atoms with Gasteiger partial charge in [0.1, 0.15) is 0 Å². The number of benzene rings is 1. The zero-order chi connectivity index (χ0) is 13.8. The van der Waals surface area contributed by atoms with Crippen molar-refractivity contribution in [2.75, 3.05) is 12.3 Å². The van der Waals surface area contributed by atoms with Crippen LogP contribution >= 0.6 is 0 Å². The van der Waals surface area contributed by atoms with E-state index in [0.29, 0.717) is 6.42 Å². The molecule has 0 bridgehead atoms. The lowest BCUT2D eigenvalue weighted by Crippen LogP contribution is -2.25. The van der Waals surface area contributed by atoms with Crippen LogP contribution in [0.15, 0.2) is 23.1 Å². The lowest BCUT2D eigenvalue weighted by atomic mass is 10.3. The van der Waals surface area contributed by atoms with Gasteiger partial charge in [-0.25, -0.2) is 13.1 Å². The number of rotatable bonds is 6. The Morgan fingerprint density at radius 2 is 2.11 bits per heavy atom. The Morgan fingerprint density at radius 1 is 1.44 bits per heavy atom. The molecule has 0 aliphatic rings. The minimum absolute atomic E-state index is 0.163. The van der Waals surface area contributed by atoms with Crippen LogP contribution < -0.4 is 10.5 Å². The van der Waals surface area contributed by atoms with Crippen molar-refractivity contribution in [3.63, 3.8) is 0 Å². The lowest BCUT2D eigenvalue weighted by Gasteiger charge is -2.07. The minimum Gasteiger partial charge on any atom is -0.399 e. The van der Waals surface area contributed by atoms with E-state index in [1.54, 1.807) is 0 Å². The van der Waals surface area contributed by atoms with E-state index in [1.165, 1.54) is 6.07 Å². The fourth-order valence-electron chi connectivity index (χ4n) is 1.36. The fourth-order valence-corrected chi connectivity index (χ4v) is 2.64. The molecule has 8 heteroatoms. The molecule has 0 aliphatic heterocycles. The summed E-state index contributed by atoms with van der Waals surface area (Å²) in [5.41, 5.74) is 5.15. The first kappa shape index (κ1) is 14.4. The summed E-state index contributed by atoms with van der Waals surface area (Å²) in [6.07, 6.45) is 1.48. The summed E-state index contributed by atoms with van der Waals surface area (Å²) in [6, 6.07) is 3.47. The van der Waals surface area contributed by atoms with Gasteiger partial charge in [-0.15, -0.1) is 0 Å². The first-order valence-electron chi connectivity index (χ1n) is 5.42. The second kappa shape index (κ2) is 5.78. The molecule has 0 fully saturated rings. The molecule has 0 atom stereocenters. The molecule has 0 heterocycles. The highest BCUT2D eigenvalue weighted by molar-refractivity contribution is 7.89. The van der Waals surface area contributed by atoms with E-state index in [2.05, 4.69) is 4.72 Å². The quantitative estimate of drug-likeness (QED) is 0.350. The molecule has 0 radical (unpaired) electrons. The molecular formula is C10H15N3O4S. The standard InChI is InChI=1S/C10H15N3O4S/c1-2-3-6-12-18(16,17)10-7-8(11)4-5-9(10)13(14)15/h4-5,7,12H,2-3,6,11H2,1H3. The van der Waals surface area contributed by atoms with Gasteiger partial charge in [-0.05, 0) is 18.6 Å². The van der Waals surface area contributed by atoms with E-state index in [1.807, 2.05) is 6.92 Å². The first-order chi connectivity index (χ1) is 8.38. The van der Waals surface area contributed by atoms with Gasteiger partial charge in [-0.2, -0.15) is 0 Å². The summed E-state index contributed by atoms with van der Waals surface area (Å²) in [5, 5.41) is 10.8. The number of nitrogens with zero attached hydrogens (tertiary/aromatic N) is 1. The van der Waals surface area contributed by atoms with E-state index in [9.17, 15) is 18.5 Å². The van der Waals surface area contributed by atoms with Gasteiger partial charge in [0.15, 0.2) is 4.90 Å². The van der Waals surface area contributed by atoms with E-state index < -0.39 is 25.5 Å². The van der Waals surface area contributed by atoms with E-state index in [0.717, 1.165) is 18.6 Å². The molecule has 0 aromatic heterocycles. The van der Waals surface area contributed by atoms with Crippen molar-refractivity contribution in [3.8, 4) is 0 Å². The highest BCUT2D eigenvalue weighted by Gasteiger charge is 2.25. The van der Waals surface area contributed by atoms with Crippen LogP contribution in [0.5, 0.6) is 0 Å². The molecule has 0 spiro atoms. The van der Waals surface area contributed by atoms with Gasteiger partial charge in [0.2, 0.25) is 10.0 Å². The minimum atomic E-state index is -3.90. The van der Waals surface area contributed by atoms with Crippen LogP contribution in [0, 0.1) is 10.1 Å². The zero-order valence-corrected chi connectivity index (χ0v) is 10.7. The number of hydrogen-bond donors (Lipinski definition) is 2. The van der Waals surface area contributed by atoms with Gasteiger partial charge in [0.25, 0.3) is 5.69 Å². The van der Waals surface area contributed by atoms with Crippen LogP contribution in [-0.4, -0.2) is 19.9 Å². The van der Waals surface area contributed by atoms with Gasteiger partial charge < -0.3 is 5.73 Å². The average molecular weight is 273 g/mol. The summed E-state index contributed by atoms with van der Waals surface area (Å²) >= 11 is 0. The van der Waals surface area contributed by atoms with E-state index in [-0.39, 0.29) is 12.2 Å². The molecule has 1 rings (SSSR count). The van der Waals surface area contributed by atoms with E-state index in [4.69, 9.17) is 5.73 Å². The normalized spacial score (nSPS) is 11.4. The van der Waals surface area contributed by atoms with Crippen molar-refractivity contribution in [1.29, 1.82) is 0 Å². The number of nitrogens with two attached hydrogens (primary N) is 1. The Hall–Kier alpha value is -1.67. The Balaban J connectivity index is 3.14. The Kier molecular flexibility index (Phi) is 4.62. The maximum Gasteiger partial charge on any atom is 0.289 e. The predicted molar refractivity (Wildman–Crippen MR) is 67.6 cm³/mol. The number of anilines is 1. The van der Waals surface area contributed by atoms with Crippen LogP contribution in [0.2, 0.25) is 0 Å². The zero-order valence-electron chi connectivity index (χ0n) is 9.92. The Morgan fingerprint density at radius 3 is 2.67 bits per heavy atom. The van der Waals surface area contributed by atoms with Gasteiger partial charge in [0.05, 0.1) is 4.92 Å². The second-order valence-electron chi connectivity index (χ2n) is 3.74. The number of unbranched alkanes of at least 4 members (excludes halogenated alkanes) is 1. The first-order valence-corrected chi connectivity index (χ1v) is 6.90. The molecule has 3 N–H and O–H groups in total. The van der Waals surface area contributed by atoms with E-state index >= 15 is 0 Å². The Labute approximate surface area is 105 Å². The molecule has 0 amide bonds. The highest BCUT2D eigenvalue weighted by Crippen LogP contribution is 2.25. The van der Waals surface area contributed by atoms with Gasteiger partial charge in [-0.3, -0.25) is 10.1 Å². The van der Waals surface area contributed by atoms with Crippen LogP contribution in [0.3, 0.4) is 0 Å². The topological polar surface area (TPSA) is 115 Å². The SMILES string of the molecule is CCCCNS(=O)(=O)c1cc(N)ccc1[N+](=O)[O-]. The summed E-state index contributed by atoms with van der Waals surface area (Å²) in [7, 11) is -3.90. The molecule has 0 aliphatic carbocycles. The Bertz CT molecular complexity index is 542. The smallest absolute Gasteiger partial charge is 0.289 e. The van der Waals surface area contributed by atoms with Crippen LogP contribution in [0.25, 0.3) is 0 Å². The van der Waals surface area contributed by atoms with Crippen molar-refractivity contribution in [1.82, 2.24) is 4.72 Å². The van der Waals surface area contributed by atoms with Crippen LogP contribution in [0.1, 0.15) is 19.8 Å². The third-order valence-electron chi connectivity index (χ3n) is 2.29. The van der Waals surface area contributed by atoms with Crippen molar-refractivity contribution in [2.45, 2.75) is 24.7 Å². The highest BCUT2D eigenvalue weighted by atomic mass is 32.2. The summed E-state index contributed by atoms with van der Waals surface area (Å²) in [6.45, 7) is 2.15. The predicted octanol–water partition coefficient (Wildman–Crippen LogP) is 1.26. The van der Waals surface area contributed by atoms with Crippen LogP contribution in [0.4, 0.5) is 11.4 Å². The number of hydrogen-bond acceptors (Lipinski definition) is 5. The molecule has 1 aromatic rings. The molecule has 18 heavy (non-hydrogen) atoms. The van der Waals surface area contributed by atoms with Crippen molar-refractivity contribution >= 4 is 21.4 Å². The second-order valence-corrected chi connectivity index (χ2v) is 5.47. The summed E-state index contributed by atoms with van der Waals surface area (Å²) in [4.78, 5) is 9.64. The number of nitrogens with one attached hydrogen (secondary N) is 1. The molecule has 0 saturated heterocycles. The maximum absolute atomic E-state index is 11.9. The molecule has 1 aromatic carbocycles. The molecule has 100 valence electrons. The number of nitro groups is 1. The lowest BCUT2D eigenvalue weighted by molar-refractivity contribution is -0.387. The van der Waals surface area contributed by atoms with Gasteiger partial charge in [-0.1, -0.05) is 13.3 Å². The summed E-state index contributed by atoms with van der Waals surface area (Å²) in [5.74, 6) is 0. The largest absolute Gasteiger partial charge is 0.399 e. The third kappa shape index (κ3) is 3.41. The van der Waals surface area contributed by atoms with Crippen LogP contribution in [-0.2, 0) is 10.0 Å². The monoisotopic (exact) mass is 273 g/mol. The van der Waals surface area contributed by atoms with Crippen molar-refractivity contribution in [2.24, 2.45) is 0 Å². The van der Waals surface area contributed by atoms with Crippen molar-refractivity contribution in [3.05, 3.63) is 28.3 Å². The third-order valence-corrected chi connectivity index (χ3v) is 3.78. The number of nitro benzene ring substituents is 1. The van der Waals surface area contributed by atoms with Gasteiger partial charge >= 0.3 is 0 Å². The maximum atomic E-state index is 11.9. The van der Waals surface area contributed by atoms with Gasteiger partial charge in [0, 0.05) is 18.3 Å². The number of nitrogen functional groups attached to an aromatic ring is 1. The molecular weight excluding hydrogens is 258 g/mol. The summed E-state index contributed by atoms with van der Waals surface area (Å²) < 4.78 is 26.1. The number of sulfonamides is 1. The molecule has 7 nitrogen and oxygen atoms in total. The van der Waals surface area contributed by atoms with Crippen molar-refractivity contribution < 1.29 is 13.3 Å². The molecule has 0 unspecified atom stereocenters.